The number of methoxy groups -OCH3 is 1. The van der Waals surface area contributed by atoms with E-state index >= 15 is 0 Å². The van der Waals surface area contributed by atoms with Crippen molar-refractivity contribution in [1.29, 1.82) is 0 Å². The molecule has 4 heteroatoms. The van der Waals surface area contributed by atoms with Crippen LogP contribution in [0.4, 0.5) is 0 Å². The molecule has 0 saturated carbocycles. The van der Waals surface area contributed by atoms with E-state index in [1.165, 1.54) is 5.56 Å². The summed E-state index contributed by atoms with van der Waals surface area (Å²) in [5, 5.41) is 10.7. The standard InChI is InChI=1S/C27H38O4/c1-5-21(2)27(28)22(3)26(31-20-24-14-16-25(29-4)17-15-24)13-9-10-18-30-19-23-11-7-6-8-12-23/h5-8,11-12,14-17,21-22,26-28H,1,9-10,13,18-20H2,2-4H3/t21-,22+,26-,27+/m0/s1. The van der Waals surface area contributed by atoms with Crippen molar-refractivity contribution in [3.8, 4) is 5.75 Å². The monoisotopic (exact) mass is 426 g/mol. The molecule has 0 heterocycles. The van der Waals surface area contributed by atoms with E-state index in [9.17, 15) is 5.11 Å². The van der Waals surface area contributed by atoms with E-state index in [2.05, 4.69) is 25.6 Å². The van der Waals surface area contributed by atoms with Crippen molar-refractivity contribution >= 4 is 0 Å². The maximum Gasteiger partial charge on any atom is 0.118 e. The van der Waals surface area contributed by atoms with Gasteiger partial charge in [0, 0.05) is 18.4 Å². The lowest BCUT2D eigenvalue weighted by molar-refractivity contribution is -0.0527. The highest BCUT2D eigenvalue weighted by Crippen LogP contribution is 2.24. The Morgan fingerprint density at radius 1 is 0.935 bits per heavy atom. The topological polar surface area (TPSA) is 47.9 Å². The summed E-state index contributed by atoms with van der Waals surface area (Å²) in [6.45, 7) is 9.76. The van der Waals surface area contributed by atoms with Crippen LogP contribution in [0.3, 0.4) is 0 Å². The second-order valence-corrected chi connectivity index (χ2v) is 8.18. The van der Waals surface area contributed by atoms with Crippen LogP contribution in [0.15, 0.2) is 67.3 Å². The molecule has 0 aromatic heterocycles. The maximum atomic E-state index is 10.7. The first-order chi connectivity index (χ1) is 15.0. The maximum absolute atomic E-state index is 10.7. The molecule has 0 aliphatic rings. The molecule has 2 rings (SSSR count). The summed E-state index contributed by atoms with van der Waals surface area (Å²) in [4.78, 5) is 0. The average Bonchev–Trinajstić information content (AvgIpc) is 2.82. The molecule has 0 aliphatic carbocycles. The quantitative estimate of drug-likeness (QED) is 0.289. The summed E-state index contributed by atoms with van der Waals surface area (Å²) >= 11 is 0. The number of benzene rings is 2. The highest BCUT2D eigenvalue weighted by molar-refractivity contribution is 5.26. The van der Waals surface area contributed by atoms with Crippen LogP contribution in [-0.2, 0) is 22.7 Å². The molecule has 0 amide bonds. The van der Waals surface area contributed by atoms with Crippen molar-refractivity contribution in [2.24, 2.45) is 11.8 Å². The Labute approximate surface area is 187 Å². The number of aliphatic hydroxyl groups excluding tert-OH is 1. The Kier molecular flexibility index (Phi) is 11.4. The van der Waals surface area contributed by atoms with Gasteiger partial charge < -0.3 is 19.3 Å². The third-order valence-corrected chi connectivity index (χ3v) is 5.80. The van der Waals surface area contributed by atoms with Gasteiger partial charge in [0.1, 0.15) is 5.75 Å². The van der Waals surface area contributed by atoms with Gasteiger partial charge in [-0.3, -0.25) is 0 Å². The van der Waals surface area contributed by atoms with Crippen LogP contribution in [0.2, 0.25) is 0 Å². The molecule has 31 heavy (non-hydrogen) atoms. The number of hydrogen-bond acceptors (Lipinski definition) is 4. The molecule has 0 radical (unpaired) electrons. The Morgan fingerprint density at radius 3 is 2.26 bits per heavy atom. The second kappa shape index (κ2) is 14.0. The van der Waals surface area contributed by atoms with Gasteiger partial charge in [-0.15, -0.1) is 6.58 Å². The zero-order valence-electron chi connectivity index (χ0n) is 19.2. The summed E-state index contributed by atoms with van der Waals surface area (Å²) in [7, 11) is 1.66. The molecule has 2 aromatic rings. The molecule has 0 aliphatic heterocycles. The first-order valence-electron chi connectivity index (χ1n) is 11.2. The van der Waals surface area contributed by atoms with Gasteiger partial charge in [-0.2, -0.15) is 0 Å². The minimum absolute atomic E-state index is 0.0106. The summed E-state index contributed by atoms with van der Waals surface area (Å²) in [5.74, 6) is 0.868. The van der Waals surface area contributed by atoms with Crippen molar-refractivity contribution in [1.82, 2.24) is 0 Å². The van der Waals surface area contributed by atoms with Crippen LogP contribution < -0.4 is 4.74 Å². The van der Waals surface area contributed by atoms with Crippen molar-refractivity contribution in [2.75, 3.05) is 13.7 Å². The zero-order valence-corrected chi connectivity index (χ0v) is 19.2. The van der Waals surface area contributed by atoms with E-state index in [0.717, 1.165) is 37.2 Å². The van der Waals surface area contributed by atoms with Crippen LogP contribution in [0.25, 0.3) is 0 Å². The van der Waals surface area contributed by atoms with E-state index < -0.39 is 6.10 Å². The lowest BCUT2D eigenvalue weighted by Gasteiger charge is -2.30. The van der Waals surface area contributed by atoms with E-state index in [1.807, 2.05) is 49.4 Å². The number of hydrogen-bond donors (Lipinski definition) is 1. The second-order valence-electron chi connectivity index (χ2n) is 8.18. The lowest BCUT2D eigenvalue weighted by atomic mass is 9.87. The highest BCUT2D eigenvalue weighted by Gasteiger charge is 2.27. The summed E-state index contributed by atoms with van der Waals surface area (Å²) in [6, 6.07) is 18.1. The SMILES string of the molecule is C=C[C@H](C)[C@@H](O)[C@H](C)[C@H](CCCCOCc1ccccc1)OCc1ccc(OC)cc1. The molecule has 1 N–H and O–H groups in total. The smallest absolute Gasteiger partial charge is 0.118 e. The van der Waals surface area contributed by atoms with Crippen LogP contribution in [-0.4, -0.2) is 31.0 Å². The van der Waals surface area contributed by atoms with Crippen molar-refractivity contribution in [3.05, 3.63) is 78.4 Å². The molecule has 4 nitrogen and oxygen atoms in total. The number of aliphatic hydroxyl groups is 1. The average molecular weight is 427 g/mol. The van der Waals surface area contributed by atoms with Gasteiger partial charge in [0.15, 0.2) is 0 Å². The van der Waals surface area contributed by atoms with Gasteiger partial charge in [-0.1, -0.05) is 62.4 Å². The highest BCUT2D eigenvalue weighted by atomic mass is 16.5. The minimum Gasteiger partial charge on any atom is -0.497 e. The fraction of sp³-hybridized carbons (Fsp3) is 0.481. The Hall–Kier alpha value is -2.14. The molecule has 0 saturated heterocycles. The van der Waals surface area contributed by atoms with Crippen LogP contribution in [0, 0.1) is 11.8 Å². The Morgan fingerprint density at radius 2 is 1.61 bits per heavy atom. The predicted octanol–water partition coefficient (Wildman–Crippen LogP) is 5.79. The first kappa shape index (κ1) is 25.1. The first-order valence-corrected chi connectivity index (χ1v) is 11.2. The molecule has 4 atom stereocenters. The largest absolute Gasteiger partial charge is 0.497 e. The summed E-state index contributed by atoms with van der Waals surface area (Å²) in [5.41, 5.74) is 2.29. The molecule has 0 unspecified atom stereocenters. The zero-order chi connectivity index (χ0) is 22.5. The van der Waals surface area contributed by atoms with E-state index in [-0.39, 0.29) is 17.9 Å². The van der Waals surface area contributed by atoms with Crippen LogP contribution in [0.5, 0.6) is 5.75 Å². The number of unbranched alkanes of at least 4 members (excludes halogenated alkanes) is 1. The lowest BCUT2D eigenvalue weighted by Crippen LogP contribution is -2.35. The molecule has 170 valence electrons. The van der Waals surface area contributed by atoms with Gasteiger partial charge >= 0.3 is 0 Å². The molecule has 2 aromatic carbocycles. The van der Waals surface area contributed by atoms with Gasteiger partial charge in [0.05, 0.1) is 32.5 Å². The van der Waals surface area contributed by atoms with Crippen molar-refractivity contribution in [2.45, 2.75) is 58.5 Å². The fourth-order valence-electron chi connectivity index (χ4n) is 3.58. The third-order valence-electron chi connectivity index (χ3n) is 5.80. The third kappa shape index (κ3) is 8.86. The normalized spacial score (nSPS) is 15.1. The molecule has 0 fully saturated rings. The van der Waals surface area contributed by atoms with Gasteiger partial charge in [0.2, 0.25) is 0 Å². The number of rotatable bonds is 15. The van der Waals surface area contributed by atoms with E-state index in [4.69, 9.17) is 14.2 Å². The van der Waals surface area contributed by atoms with Crippen LogP contribution >= 0.6 is 0 Å². The van der Waals surface area contributed by atoms with Gasteiger partial charge in [0.25, 0.3) is 0 Å². The fourth-order valence-corrected chi connectivity index (χ4v) is 3.58. The number of ether oxygens (including phenoxy) is 3. The Balaban J connectivity index is 1.83. The summed E-state index contributed by atoms with van der Waals surface area (Å²) < 4.78 is 17.3. The summed E-state index contributed by atoms with van der Waals surface area (Å²) in [6.07, 6.45) is 4.13. The van der Waals surface area contributed by atoms with Crippen molar-refractivity contribution in [3.63, 3.8) is 0 Å². The van der Waals surface area contributed by atoms with Gasteiger partial charge in [-0.05, 0) is 42.5 Å². The van der Waals surface area contributed by atoms with E-state index in [0.29, 0.717) is 13.2 Å². The minimum atomic E-state index is -0.479. The van der Waals surface area contributed by atoms with Crippen molar-refractivity contribution < 1.29 is 19.3 Å². The molecular weight excluding hydrogens is 388 g/mol. The van der Waals surface area contributed by atoms with Gasteiger partial charge in [-0.25, -0.2) is 0 Å². The van der Waals surface area contributed by atoms with E-state index in [1.54, 1.807) is 13.2 Å². The predicted molar refractivity (Wildman–Crippen MR) is 126 cm³/mol. The molecule has 0 bridgehead atoms. The molecular formula is C27H38O4. The molecule has 0 spiro atoms. The Bertz CT molecular complexity index is 729. The van der Waals surface area contributed by atoms with Crippen LogP contribution in [0.1, 0.15) is 44.2 Å².